The highest BCUT2D eigenvalue weighted by Gasteiger charge is 2.21. The van der Waals surface area contributed by atoms with Crippen molar-refractivity contribution in [1.82, 2.24) is 29.4 Å². The summed E-state index contributed by atoms with van der Waals surface area (Å²) >= 11 is 12.9. The Kier molecular flexibility index (Phi) is 6.24. The van der Waals surface area contributed by atoms with Gasteiger partial charge in [0.25, 0.3) is 11.5 Å². The van der Waals surface area contributed by atoms with Gasteiger partial charge in [0.1, 0.15) is 11.2 Å². The number of halogens is 2. The van der Waals surface area contributed by atoms with Crippen LogP contribution in [-0.4, -0.2) is 49.4 Å². The largest absolute Gasteiger partial charge is 0.345 e. The van der Waals surface area contributed by atoms with Crippen LogP contribution in [0.25, 0.3) is 22.4 Å². The second-order valence-corrected chi connectivity index (χ2v) is 8.67. The highest BCUT2D eigenvalue weighted by molar-refractivity contribution is 6.39. The van der Waals surface area contributed by atoms with Crippen LogP contribution in [0.1, 0.15) is 21.7 Å². The molecule has 0 saturated heterocycles. The summed E-state index contributed by atoms with van der Waals surface area (Å²) in [7, 11) is 4.98. The van der Waals surface area contributed by atoms with E-state index in [1.165, 1.54) is 15.7 Å². The molecule has 34 heavy (non-hydrogen) atoms. The molecule has 0 atom stereocenters. The number of nitrogens with zero attached hydrogens (tertiary/aromatic N) is 6. The zero-order valence-electron chi connectivity index (χ0n) is 19.1. The number of nitrogens with one attached hydrogen (secondary N) is 1. The van der Waals surface area contributed by atoms with E-state index in [1.54, 1.807) is 59.3 Å². The quantitative estimate of drug-likeness (QED) is 0.451. The van der Waals surface area contributed by atoms with Crippen molar-refractivity contribution >= 4 is 51.9 Å². The van der Waals surface area contributed by atoms with Crippen LogP contribution in [0.4, 0.5) is 11.6 Å². The number of hydrogen-bond donors (Lipinski definition) is 1. The van der Waals surface area contributed by atoms with Crippen LogP contribution in [-0.2, 0) is 7.05 Å². The molecule has 3 aromatic heterocycles. The Balaban J connectivity index is 1.74. The van der Waals surface area contributed by atoms with E-state index >= 15 is 0 Å². The summed E-state index contributed by atoms with van der Waals surface area (Å²) in [5.41, 5.74) is 3.12. The number of pyridine rings is 1. The number of rotatable bonds is 4. The molecule has 0 aliphatic carbocycles. The standard InChI is InChI=1S/C23H21Cl2N7O2/c1-11-17(24)16(18(25)12(2)27-11)19-22(34)32(5)20-15(29-19)10-26-23(30-20)28-14-8-6-13(7-9-14)21(33)31(3)4/h6-10H,1-5H3,(H,26,28,30). The predicted molar refractivity (Wildman–Crippen MR) is 133 cm³/mol. The van der Waals surface area contributed by atoms with Crippen LogP contribution in [0.3, 0.4) is 0 Å². The molecule has 3 heterocycles. The molecule has 4 rings (SSSR count). The maximum Gasteiger partial charge on any atom is 0.278 e. The summed E-state index contributed by atoms with van der Waals surface area (Å²) in [5.74, 6) is 0.181. The topological polar surface area (TPSA) is 106 Å². The van der Waals surface area contributed by atoms with Crippen LogP contribution in [0, 0.1) is 13.8 Å². The highest BCUT2D eigenvalue weighted by atomic mass is 35.5. The normalized spacial score (nSPS) is 11.0. The van der Waals surface area contributed by atoms with Crippen LogP contribution in [0.15, 0.2) is 35.3 Å². The first-order valence-corrected chi connectivity index (χ1v) is 11.0. The summed E-state index contributed by atoms with van der Waals surface area (Å²) < 4.78 is 1.38. The fraction of sp³-hybridized carbons (Fsp3) is 0.217. The molecule has 0 saturated carbocycles. The molecule has 1 N–H and O–H groups in total. The minimum absolute atomic E-state index is 0.0924. The summed E-state index contributed by atoms with van der Waals surface area (Å²) in [6.45, 7) is 3.48. The first-order chi connectivity index (χ1) is 16.1. The third-order valence-corrected chi connectivity index (χ3v) is 6.17. The van der Waals surface area contributed by atoms with E-state index in [4.69, 9.17) is 23.2 Å². The second-order valence-electron chi connectivity index (χ2n) is 7.91. The molecule has 174 valence electrons. The van der Waals surface area contributed by atoms with Crippen molar-refractivity contribution in [1.29, 1.82) is 0 Å². The van der Waals surface area contributed by atoms with Gasteiger partial charge in [-0.3, -0.25) is 19.1 Å². The third-order valence-electron chi connectivity index (χ3n) is 5.25. The van der Waals surface area contributed by atoms with Crippen LogP contribution in [0.2, 0.25) is 10.0 Å². The third kappa shape index (κ3) is 4.20. The molecule has 0 bridgehead atoms. The number of anilines is 2. The summed E-state index contributed by atoms with van der Waals surface area (Å²) in [6.07, 6.45) is 1.51. The number of carbonyl (C=O) groups excluding carboxylic acids is 1. The lowest BCUT2D eigenvalue weighted by atomic mass is 10.1. The van der Waals surface area contributed by atoms with E-state index in [1.807, 2.05) is 0 Å². The van der Waals surface area contributed by atoms with Crippen molar-refractivity contribution in [3.8, 4) is 11.3 Å². The van der Waals surface area contributed by atoms with Gasteiger partial charge in [-0.2, -0.15) is 4.98 Å². The molecule has 9 nitrogen and oxygen atoms in total. The molecule has 4 aromatic rings. The van der Waals surface area contributed by atoms with E-state index in [0.29, 0.717) is 39.4 Å². The fourth-order valence-corrected chi connectivity index (χ4v) is 3.94. The Bertz CT molecular complexity index is 1470. The van der Waals surface area contributed by atoms with Gasteiger partial charge < -0.3 is 10.2 Å². The predicted octanol–water partition coefficient (Wildman–Crippen LogP) is 4.15. The molecule has 11 heteroatoms. The lowest BCUT2D eigenvalue weighted by molar-refractivity contribution is 0.0827. The monoisotopic (exact) mass is 497 g/mol. The smallest absolute Gasteiger partial charge is 0.278 e. The average Bonchev–Trinajstić information content (AvgIpc) is 2.81. The van der Waals surface area contributed by atoms with Gasteiger partial charge in [-0.25, -0.2) is 9.97 Å². The number of carbonyl (C=O) groups is 1. The lowest BCUT2D eigenvalue weighted by Gasteiger charge is -2.13. The number of benzene rings is 1. The summed E-state index contributed by atoms with van der Waals surface area (Å²) in [4.78, 5) is 44.3. The van der Waals surface area contributed by atoms with Crippen molar-refractivity contribution in [2.75, 3.05) is 19.4 Å². The molecule has 0 fully saturated rings. The van der Waals surface area contributed by atoms with Crippen molar-refractivity contribution in [2.45, 2.75) is 13.8 Å². The van der Waals surface area contributed by atoms with Crippen LogP contribution >= 0.6 is 23.2 Å². The molecule has 0 aliphatic rings. The maximum absolute atomic E-state index is 13.2. The number of aryl methyl sites for hydroxylation is 3. The maximum atomic E-state index is 13.2. The first-order valence-electron chi connectivity index (χ1n) is 10.2. The van der Waals surface area contributed by atoms with Crippen molar-refractivity contribution in [3.63, 3.8) is 0 Å². The SMILES string of the molecule is Cc1nc(C)c(Cl)c(-c2nc3cnc(Nc4ccc(C(=O)N(C)C)cc4)nc3n(C)c2=O)c1Cl. The zero-order chi connectivity index (χ0) is 24.7. The van der Waals surface area contributed by atoms with Crippen LogP contribution in [0.5, 0.6) is 0 Å². The van der Waals surface area contributed by atoms with Gasteiger partial charge in [-0.05, 0) is 38.1 Å². The summed E-state index contributed by atoms with van der Waals surface area (Å²) in [6, 6.07) is 6.93. The number of amides is 1. The van der Waals surface area contributed by atoms with Gasteiger partial charge in [0.15, 0.2) is 5.65 Å². The van der Waals surface area contributed by atoms with Gasteiger partial charge in [0, 0.05) is 38.0 Å². The lowest BCUT2D eigenvalue weighted by Crippen LogP contribution is -2.22. The Morgan fingerprint density at radius 1 is 1.00 bits per heavy atom. The van der Waals surface area contributed by atoms with Gasteiger partial charge in [-0.1, -0.05) is 23.2 Å². The van der Waals surface area contributed by atoms with Gasteiger partial charge in [0.05, 0.1) is 27.6 Å². The average molecular weight is 498 g/mol. The van der Waals surface area contributed by atoms with E-state index in [-0.39, 0.29) is 27.6 Å². The van der Waals surface area contributed by atoms with Crippen molar-refractivity contribution in [3.05, 3.63) is 67.8 Å². The number of aromatic nitrogens is 5. The molecule has 1 amide bonds. The number of hydrogen-bond acceptors (Lipinski definition) is 7. The molecule has 0 radical (unpaired) electrons. The fourth-order valence-electron chi connectivity index (χ4n) is 3.44. The number of fused-ring (bicyclic) bond motifs is 1. The molecule has 0 spiro atoms. The minimum atomic E-state index is -0.405. The van der Waals surface area contributed by atoms with E-state index in [0.717, 1.165) is 0 Å². The molecule has 0 aliphatic heterocycles. The van der Waals surface area contributed by atoms with Gasteiger partial charge in [0.2, 0.25) is 5.95 Å². The molecular weight excluding hydrogens is 477 g/mol. The first kappa shape index (κ1) is 23.6. The van der Waals surface area contributed by atoms with E-state index < -0.39 is 5.56 Å². The van der Waals surface area contributed by atoms with Gasteiger partial charge in [-0.15, -0.1) is 0 Å². The van der Waals surface area contributed by atoms with Crippen molar-refractivity contribution in [2.24, 2.45) is 7.05 Å². The molecule has 1 aromatic carbocycles. The highest BCUT2D eigenvalue weighted by Crippen LogP contribution is 2.35. The zero-order valence-corrected chi connectivity index (χ0v) is 20.7. The molecule has 0 unspecified atom stereocenters. The van der Waals surface area contributed by atoms with Crippen molar-refractivity contribution < 1.29 is 4.79 Å². The Hall–Kier alpha value is -3.56. The second kappa shape index (κ2) is 9.00. The minimum Gasteiger partial charge on any atom is -0.345 e. The summed E-state index contributed by atoms with van der Waals surface area (Å²) in [5, 5.41) is 3.62. The van der Waals surface area contributed by atoms with E-state index in [9.17, 15) is 9.59 Å². The van der Waals surface area contributed by atoms with Crippen LogP contribution < -0.4 is 10.9 Å². The van der Waals surface area contributed by atoms with E-state index in [2.05, 4.69) is 25.3 Å². The molecular formula is C23H21Cl2N7O2. The Morgan fingerprint density at radius 3 is 2.21 bits per heavy atom. The Morgan fingerprint density at radius 2 is 1.62 bits per heavy atom. The van der Waals surface area contributed by atoms with Gasteiger partial charge >= 0.3 is 0 Å². The Labute approximate surface area is 205 Å².